The summed E-state index contributed by atoms with van der Waals surface area (Å²) in [7, 11) is 0. The Morgan fingerprint density at radius 2 is 1.95 bits per heavy atom. The lowest BCUT2D eigenvalue weighted by atomic mass is 10.2. The second-order valence-corrected chi connectivity index (χ2v) is 6.02. The third-order valence-electron chi connectivity index (χ3n) is 2.81. The molecule has 0 unspecified atom stereocenters. The number of aromatic nitrogens is 2. The summed E-state index contributed by atoms with van der Waals surface area (Å²) in [5, 5.41) is 4.38. The predicted octanol–water partition coefficient (Wildman–Crippen LogP) is 4.13. The van der Waals surface area contributed by atoms with E-state index < -0.39 is 0 Å². The number of halogens is 2. The van der Waals surface area contributed by atoms with Gasteiger partial charge < -0.3 is 4.74 Å². The van der Waals surface area contributed by atoms with Crippen molar-refractivity contribution in [3.8, 4) is 5.75 Å². The van der Waals surface area contributed by atoms with Gasteiger partial charge in [-0.25, -0.2) is 0 Å². The van der Waals surface area contributed by atoms with Gasteiger partial charge in [-0.2, -0.15) is 5.10 Å². The predicted molar refractivity (Wildman–Crippen MR) is 84.2 cm³/mol. The Balaban J connectivity index is 2.20. The van der Waals surface area contributed by atoms with Gasteiger partial charge in [-0.3, -0.25) is 9.48 Å². The summed E-state index contributed by atoms with van der Waals surface area (Å²) >= 11 is 6.83. The van der Waals surface area contributed by atoms with E-state index in [-0.39, 0.29) is 0 Å². The zero-order valence-electron chi connectivity index (χ0n) is 11.2. The zero-order valence-corrected chi connectivity index (χ0v) is 14.4. The third kappa shape index (κ3) is 3.30. The number of aldehydes is 1. The Labute approximate surface area is 134 Å². The van der Waals surface area contributed by atoms with Crippen molar-refractivity contribution < 1.29 is 9.53 Å². The maximum atomic E-state index is 10.8. The summed E-state index contributed by atoms with van der Waals surface area (Å²) in [5.74, 6) is 0.678. The Morgan fingerprint density at radius 3 is 2.50 bits per heavy atom. The number of rotatable bonds is 5. The van der Waals surface area contributed by atoms with E-state index in [1.807, 2.05) is 24.6 Å². The molecule has 0 saturated heterocycles. The van der Waals surface area contributed by atoms with Gasteiger partial charge in [-0.05, 0) is 63.9 Å². The molecule has 20 heavy (non-hydrogen) atoms. The number of carbonyl (C=O) groups is 1. The number of carbonyl (C=O) groups excluding carboxylic acids is 1. The fraction of sp³-hybridized carbons (Fsp3) is 0.286. The minimum atomic E-state index is 0.423. The molecule has 1 aromatic carbocycles. The Bertz CT molecular complexity index is 615. The van der Waals surface area contributed by atoms with Crippen LogP contribution in [0.4, 0.5) is 0 Å². The Hall–Kier alpha value is -1.14. The van der Waals surface area contributed by atoms with Crippen molar-refractivity contribution in [2.24, 2.45) is 0 Å². The van der Waals surface area contributed by atoms with Crippen LogP contribution in [0.25, 0.3) is 0 Å². The van der Waals surface area contributed by atoms with E-state index in [2.05, 4.69) is 37.0 Å². The van der Waals surface area contributed by atoms with Crippen LogP contribution in [0.15, 0.2) is 27.1 Å². The Kier molecular flexibility index (Phi) is 4.99. The van der Waals surface area contributed by atoms with Gasteiger partial charge >= 0.3 is 0 Å². The van der Waals surface area contributed by atoms with Crippen molar-refractivity contribution in [1.82, 2.24) is 9.78 Å². The van der Waals surface area contributed by atoms with E-state index in [1.54, 1.807) is 12.1 Å². The minimum absolute atomic E-state index is 0.423. The number of hydrogen-bond donors (Lipinski definition) is 0. The highest BCUT2D eigenvalue weighted by atomic mass is 79.9. The van der Waals surface area contributed by atoms with Gasteiger partial charge in [0, 0.05) is 12.1 Å². The topological polar surface area (TPSA) is 44.1 Å². The molecule has 0 atom stereocenters. The first kappa shape index (κ1) is 15.3. The van der Waals surface area contributed by atoms with Gasteiger partial charge in [-0.1, -0.05) is 0 Å². The van der Waals surface area contributed by atoms with Crippen molar-refractivity contribution in [2.45, 2.75) is 27.0 Å². The molecule has 1 aromatic heterocycles. The molecule has 0 spiro atoms. The second kappa shape index (κ2) is 6.54. The standard InChI is InChI=1S/C14H14Br2N2O2/c1-3-18-11(4-9(2)17-18)8-20-14-12(15)5-10(7-19)6-13(14)16/h4-7H,3,8H2,1-2H3. The van der Waals surface area contributed by atoms with E-state index in [0.717, 1.165) is 33.2 Å². The van der Waals surface area contributed by atoms with Crippen molar-refractivity contribution in [3.63, 3.8) is 0 Å². The molecule has 0 radical (unpaired) electrons. The fourth-order valence-electron chi connectivity index (χ4n) is 1.92. The van der Waals surface area contributed by atoms with Gasteiger partial charge in [0.05, 0.1) is 20.3 Å². The van der Waals surface area contributed by atoms with Gasteiger partial charge in [-0.15, -0.1) is 0 Å². The van der Waals surface area contributed by atoms with Crippen LogP contribution in [0.2, 0.25) is 0 Å². The molecular weight excluding hydrogens is 388 g/mol. The van der Waals surface area contributed by atoms with Crippen molar-refractivity contribution in [2.75, 3.05) is 0 Å². The monoisotopic (exact) mass is 400 g/mol. The van der Waals surface area contributed by atoms with Crippen LogP contribution in [0.3, 0.4) is 0 Å². The van der Waals surface area contributed by atoms with E-state index in [0.29, 0.717) is 17.9 Å². The molecule has 0 aliphatic heterocycles. The van der Waals surface area contributed by atoms with Crippen LogP contribution in [-0.4, -0.2) is 16.1 Å². The van der Waals surface area contributed by atoms with Crippen LogP contribution in [-0.2, 0) is 13.2 Å². The number of aryl methyl sites for hydroxylation is 2. The van der Waals surface area contributed by atoms with Gasteiger partial charge in [0.25, 0.3) is 0 Å². The molecule has 4 nitrogen and oxygen atoms in total. The molecule has 0 amide bonds. The molecule has 2 rings (SSSR count). The average molecular weight is 402 g/mol. The number of benzene rings is 1. The molecule has 1 heterocycles. The Morgan fingerprint density at radius 1 is 1.30 bits per heavy atom. The molecule has 0 N–H and O–H groups in total. The first-order valence-electron chi connectivity index (χ1n) is 6.15. The summed E-state index contributed by atoms with van der Waals surface area (Å²) in [6.45, 7) is 5.23. The first-order valence-corrected chi connectivity index (χ1v) is 7.74. The van der Waals surface area contributed by atoms with Gasteiger partial charge in [0.2, 0.25) is 0 Å². The number of nitrogens with zero attached hydrogens (tertiary/aromatic N) is 2. The van der Waals surface area contributed by atoms with E-state index >= 15 is 0 Å². The van der Waals surface area contributed by atoms with Crippen LogP contribution < -0.4 is 4.74 Å². The highest BCUT2D eigenvalue weighted by Crippen LogP contribution is 2.35. The van der Waals surface area contributed by atoms with E-state index in [4.69, 9.17) is 4.74 Å². The lowest BCUT2D eigenvalue weighted by molar-refractivity contribution is 0.112. The normalized spacial score (nSPS) is 10.6. The molecule has 0 saturated carbocycles. The molecule has 0 fully saturated rings. The fourth-order valence-corrected chi connectivity index (χ4v) is 3.37. The molecule has 6 heteroatoms. The van der Waals surface area contributed by atoms with Crippen LogP contribution in [0.5, 0.6) is 5.75 Å². The highest BCUT2D eigenvalue weighted by Gasteiger charge is 2.11. The molecule has 0 aliphatic rings. The van der Waals surface area contributed by atoms with E-state index in [1.165, 1.54) is 0 Å². The maximum absolute atomic E-state index is 10.8. The quantitative estimate of drug-likeness (QED) is 0.707. The minimum Gasteiger partial charge on any atom is -0.485 e. The molecule has 0 aliphatic carbocycles. The molecular formula is C14H14Br2N2O2. The lowest BCUT2D eigenvalue weighted by Gasteiger charge is -2.11. The van der Waals surface area contributed by atoms with Crippen LogP contribution >= 0.6 is 31.9 Å². The third-order valence-corrected chi connectivity index (χ3v) is 3.98. The summed E-state index contributed by atoms with van der Waals surface area (Å²) in [6, 6.07) is 5.47. The van der Waals surface area contributed by atoms with Gasteiger partial charge in [0.1, 0.15) is 18.6 Å². The maximum Gasteiger partial charge on any atom is 0.150 e. The van der Waals surface area contributed by atoms with E-state index in [9.17, 15) is 4.79 Å². The number of ether oxygens (including phenoxy) is 1. The molecule has 106 valence electrons. The lowest BCUT2D eigenvalue weighted by Crippen LogP contribution is -2.06. The summed E-state index contributed by atoms with van der Waals surface area (Å²) in [5.41, 5.74) is 2.58. The summed E-state index contributed by atoms with van der Waals surface area (Å²) < 4.78 is 9.24. The van der Waals surface area contributed by atoms with Crippen molar-refractivity contribution >= 4 is 38.1 Å². The zero-order chi connectivity index (χ0) is 14.7. The second-order valence-electron chi connectivity index (χ2n) is 4.31. The van der Waals surface area contributed by atoms with Crippen LogP contribution in [0, 0.1) is 6.92 Å². The average Bonchev–Trinajstić information content (AvgIpc) is 2.77. The van der Waals surface area contributed by atoms with Crippen molar-refractivity contribution in [3.05, 3.63) is 44.1 Å². The smallest absolute Gasteiger partial charge is 0.150 e. The first-order chi connectivity index (χ1) is 9.55. The van der Waals surface area contributed by atoms with Crippen molar-refractivity contribution in [1.29, 1.82) is 0 Å². The molecule has 0 bridgehead atoms. The van der Waals surface area contributed by atoms with Gasteiger partial charge in [0.15, 0.2) is 0 Å². The SMILES string of the molecule is CCn1nc(C)cc1COc1c(Br)cc(C=O)cc1Br. The van der Waals surface area contributed by atoms with Crippen LogP contribution in [0.1, 0.15) is 28.7 Å². The molecule has 2 aromatic rings. The summed E-state index contributed by atoms with van der Waals surface area (Å²) in [4.78, 5) is 10.8. The largest absolute Gasteiger partial charge is 0.485 e. The number of hydrogen-bond acceptors (Lipinski definition) is 3. The summed E-state index contributed by atoms with van der Waals surface area (Å²) in [6.07, 6.45) is 0.800. The highest BCUT2D eigenvalue weighted by molar-refractivity contribution is 9.11.